The summed E-state index contributed by atoms with van der Waals surface area (Å²) in [6.45, 7) is 7.51. The number of nitrogens with two attached hydrogens (primary N) is 1. The monoisotopic (exact) mass is 232 g/mol. The molecule has 88 valence electrons. The summed E-state index contributed by atoms with van der Waals surface area (Å²) in [6.07, 6.45) is 2.44. The first-order valence-corrected chi connectivity index (χ1v) is 5.95. The largest absolute Gasteiger partial charge is 0.399 e. The van der Waals surface area contributed by atoms with Gasteiger partial charge in [-0.2, -0.15) is 5.90 Å². The van der Waals surface area contributed by atoms with Crippen molar-refractivity contribution in [2.45, 2.75) is 39.7 Å². The van der Waals surface area contributed by atoms with Crippen molar-refractivity contribution in [1.82, 2.24) is 5.32 Å². The molecule has 4 heteroatoms. The Morgan fingerprint density at radius 2 is 2.13 bits per heavy atom. The standard InChI is InChI=1S/C11H21ClN2O/c1-7(2)10(11(12)15-13)8(3)9-5-4-6-14-9/h7-9,14H,4-6,13H2,1-3H3/b11-10-. The Hall–Kier alpha value is -0.250. The molecular formula is C11H21ClN2O. The van der Waals surface area contributed by atoms with Crippen LogP contribution in [0.3, 0.4) is 0 Å². The van der Waals surface area contributed by atoms with Crippen LogP contribution in [0.15, 0.2) is 10.8 Å². The Morgan fingerprint density at radius 1 is 1.47 bits per heavy atom. The summed E-state index contributed by atoms with van der Waals surface area (Å²) >= 11 is 6.00. The molecule has 0 bridgehead atoms. The zero-order valence-corrected chi connectivity index (χ0v) is 10.5. The van der Waals surface area contributed by atoms with Gasteiger partial charge in [-0.25, -0.2) is 0 Å². The summed E-state index contributed by atoms with van der Waals surface area (Å²) in [4.78, 5) is 4.67. The van der Waals surface area contributed by atoms with Gasteiger partial charge in [0.2, 0.25) is 5.22 Å². The molecule has 15 heavy (non-hydrogen) atoms. The molecule has 3 N–H and O–H groups in total. The maximum atomic E-state index is 6.00. The van der Waals surface area contributed by atoms with Gasteiger partial charge >= 0.3 is 0 Å². The molecule has 0 spiro atoms. The number of nitrogens with one attached hydrogen (secondary N) is 1. The molecule has 0 radical (unpaired) electrons. The van der Waals surface area contributed by atoms with E-state index in [9.17, 15) is 0 Å². The summed E-state index contributed by atoms with van der Waals surface area (Å²) in [7, 11) is 0. The van der Waals surface area contributed by atoms with Gasteiger partial charge in [-0.05, 0) is 48.4 Å². The maximum Gasteiger partial charge on any atom is 0.212 e. The first-order chi connectivity index (χ1) is 7.07. The van der Waals surface area contributed by atoms with Crippen LogP contribution < -0.4 is 11.2 Å². The van der Waals surface area contributed by atoms with Gasteiger partial charge in [-0.1, -0.05) is 20.8 Å². The number of halogens is 1. The second kappa shape index (κ2) is 5.73. The fourth-order valence-corrected chi connectivity index (χ4v) is 2.75. The SMILES string of the molecule is CC(C)/C(=C(\Cl)ON)C(C)C1CCCN1. The van der Waals surface area contributed by atoms with E-state index in [1.807, 2.05) is 0 Å². The Kier molecular flexibility index (Phi) is 4.90. The minimum Gasteiger partial charge on any atom is -0.399 e. The van der Waals surface area contributed by atoms with Crippen molar-refractivity contribution in [3.8, 4) is 0 Å². The van der Waals surface area contributed by atoms with Crippen LogP contribution in [0.1, 0.15) is 33.6 Å². The molecule has 1 aliphatic rings. The van der Waals surface area contributed by atoms with Crippen molar-refractivity contribution in [1.29, 1.82) is 0 Å². The number of rotatable bonds is 4. The van der Waals surface area contributed by atoms with Crippen molar-refractivity contribution < 1.29 is 4.84 Å². The van der Waals surface area contributed by atoms with Crippen molar-refractivity contribution in [3.05, 3.63) is 10.8 Å². The molecule has 1 aliphatic heterocycles. The summed E-state index contributed by atoms with van der Waals surface area (Å²) in [5, 5.41) is 3.83. The normalized spacial score (nSPS) is 25.3. The van der Waals surface area contributed by atoms with Gasteiger partial charge in [0.1, 0.15) is 0 Å². The number of hydrogen-bond donors (Lipinski definition) is 2. The zero-order chi connectivity index (χ0) is 11.4. The predicted octanol–water partition coefficient (Wildman–Crippen LogP) is 2.37. The van der Waals surface area contributed by atoms with Crippen LogP contribution in [0.4, 0.5) is 0 Å². The first-order valence-electron chi connectivity index (χ1n) is 5.57. The molecule has 1 heterocycles. The van der Waals surface area contributed by atoms with Gasteiger partial charge in [0, 0.05) is 6.04 Å². The highest BCUT2D eigenvalue weighted by Gasteiger charge is 2.27. The Balaban J connectivity index is 2.79. The van der Waals surface area contributed by atoms with E-state index in [1.54, 1.807) is 0 Å². The molecule has 0 aromatic heterocycles. The van der Waals surface area contributed by atoms with E-state index in [4.69, 9.17) is 17.5 Å². The molecule has 1 fully saturated rings. The van der Waals surface area contributed by atoms with E-state index >= 15 is 0 Å². The lowest BCUT2D eigenvalue weighted by Gasteiger charge is -2.25. The van der Waals surface area contributed by atoms with Crippen molar-refractivity contribution in [2.75, 3.05) is 6.54 Å². The van der Waals surface area contributed by atoms with E-state index in [0.29, 0.717) is 23.1 Å². The fraction of sp³-hybridized carbons (Fsp3) is 0.818. The molecule has 3 nitrogen and oxygen atoms in total. The third-order valence-corrected chi connectivity index (χ3v) is 3.45. The van der Waals surface area contributed by atoms with E-state index in [1.165, 1.54) is 12.8 Å². The van der Waals surface area contributed by atoms with Gasteiger partial charge in [-0.3, -0.25) is 0 Å². The summed E-state index contributed by atoms with van der Waals surface area (Å²) in [5.41, 5.74) is 1.11. The Labute approximate surface area is 97.0 Å². The van der Waals surface area contributed by atoms with Gasteiger partial charge in [0.25, 0.3) is 0 Å². The van der Waals surface area contributed by atoms with E-state index in [2.05, 4.69) is 30.9 Å². The maximum absolute atomic E-state index is 6.00. The van der Waals surface area contributed by atoms with Crippen molar-refractivity contribution in [3.63, 3.8) is 0 Å². The van der Waals surface area contributed by atoms with E-state index in [0.717, 1.165) is 12.1 Å². The smallest absolute Gasteiger partial charge is 0.212 e. The predicted molar refractivity (Wildman–Crippen MR) is 63.2 cm³/mol. The minimum atomic E-state index is 0.353. The van der Waals surface area contributed by atoms with Crippen LogP contribution in [0, 0.1) is 11.8 Å². The highest BCUT2D eigenvalue weighted by atomic mass is 35.5. The molecule has 0 aromatic carbocycles. The Bertz CT molecular complexity index is 235. The topological polar surface area (TPSA) is 47.3 Å². The third-order valence-electron chi connectivity index (χ3n) is 3.14. The lowest BCUT2D eigenvalue weighted by atomic mass is 9.86. The third kappa shape index (κ3) is 3.10. The fourth-order valence-electron chi connectivity index (χ4n) is 2.35. The lowest BCUT2D eigenvalue weighted by molar-refractivity contribution is 0.233. The van der Waals surface area contributed by atoms with Crippen LogP contribution >= 0.6 is 11.6 Å². The van der Waals surface area contributed by atoms with Gasteiger partial charge in [0.05, 0.1) is 0 Å². The summed E-state index contributed by atoms with van der Waals surface area (Å²) in [6, 6.07) is 0.506. The summed E-state index contributed by atoms with van der Waals surface area (Å²) in [5.74, 6) is 5.87. The van der Waals surface area contributed by atoms with Crippen LogP contribution in [0.5, 0.6) is 0 Å². The second-order valence-corrected chi connectivity index (χ2v) is 4.84. The van der Waals surface area contributed by atoms with Gasteiger partial charge < -0.3 is 10.2 Å². The average Bonchev–Trinajstić information content (AvgIpc) is 2.69. The van der Waals surface area contributed by atoms with Crippen LogP contribution in [0.25, 0.3) is 0 Å². The molecule has 2 atom stereocenters. The minimum absolute atomic E-state index is 0.353. The lowest BCUT2D eigenvalue weighted by Crippen LogP contribution is -2.31. The van der Waals surface area contributed by atoms with Gasteiger partial charge in [-0.15, -0.1) is 0 Å². The first kappa shape index (κ1) is 12.8. The summed E-state index contributed by atoms with van der Waals surface area (Å²) < 4.78 is 0. The average molecular weight is 233 g/mol. The van der Waals surface area contributed by atoms with Crippen LogP contribution in [-0.2, 0) is 4.84 Å². The van der Waals surface area contributed by atoms with Crippen LogP contribution in [0.2, 0.25) is 0 Å². The van der Waals surface area contributed by atoms with Crippen molar-refractivity contribution in [2.24, 2.45) is 17.7 Å². The molecule has 2 unspecified atom stereocenters. The molecule has 0 aromatic rings. The zero-order valence-electron chi connectivity index (χ0n) is 9.72. The molecular weight excluding hydrogens is 212 g/mol. The van der Waals surface area contributed by atoms with Gasteiger partial charge in [0.15, 0.2) is 0 Å². The van der Waals surface area contributed by atoms with Crippen LogP contribution in [-0.4, -0.2) is 12.6 Å². The highest BCUT2D eigenvalue weighted by molar-refractivity contribution is 6.28. The van der Waals surface area contributed by atoms with E-state index in [-0.39, 0.29) is 0 Å². The molecule has 0 amide bonds. The quantitative estimate of drug-likeness (QED) is 0.578. The number of hydrogen-bond acceptors (Lipinski definition) is 3. The Morgan fingerprint density at radius 3 is 2.53 bits per heavy atom. The van der Waals surface area contributed by atoms with Crippen molar-refractivity contribution >= 4 is 11.6 Å². The molecule has 1 saturated heterocycles. The van der Waals surface area contributed by atoms with E-state index < -0.39 is 0 Å². The molecule has 0 saturated carbocycles. The highest BCUT2D eigenvalue weighted by Crippen LogP contribution is 2.30. The second-order valence-electron chi connectivity index (χ2n) is 4.49. The molecule has 1 rings (SSSR count). The molecule has 0 aliphatic carbocycles.